The van der Waals surface area contributed by atoms with Crippen molar-refractivity contribution in [2.45, 2.75) is 58.0 Å². The van der Waals surface area contributed by atoms with Crippen molar-refractivity contribution in [2.75, 3.05) is 7.11 Å². The Bertz CT molecular complexity index is 685. The van der Waals surface area contributed by atoms with Crippen LogP contribution in [0.2, 0.25) is 0 Å². The molecule has 2 aromatic carbocycles. The summed E-state index contributed by atoms with van der Waals surface area (Å²) in [6, 6.07) is 18.1. The first-order valence-corrected chi connectivity index (χ1v) is 10.4. The molecule has 1 unspecified atom stereocenters. The summed E-state index contributed by atoms with van der Waals surface area (Å²) in [6.07, 6.45) is 5.90. The minimum absolute atomic E-state index is 0.172. The van der Waals surface area contributed by atoms with Crippen molar-refractivity contribution >= 4 is 11.6 Å². The van der Waals surface area contributed by atoms with Crippen LogP contribution in [0, 0.1) is 5.92 Å². The SMILES string of the molecule is CCCCCCC(CC)C(OC)(C(=O)c1ccccc1)C(=O)c1ccccc1. The van der Waals surface area contributed by atoms with Crippen LogP contribution in [0.1, 0.15) is 73.1 Å². The second-order valence-corrected chi connectivity index (χ2v) is 7.28. The Morgan fingerprint density at radius 1 is 0.821 bits per heavy atom. The van der Waals surface area contributed by atoms with Gasteiger partial charge < -0.3 is 4.74 Å². The van der Waals surface area contributed by atoms with E-state index >= 15 is 0 Å². The second-order valence-electron chi connectivity index (χ2n) is 7.28. The van der Waals surface area contributed by atoms with Crippen molar-refractivity contribution in [1.82, 2.24) is 0 Å². The maximum absolute atomic E-state index is 13.7. The maximum Gasteiger partial charge on any atom is 0.202 e. The van der Waals surface area contributed by atoms with Gasteiger partial charge in [0.25, 0.3) is 0 Å². The largest absolute Gasteiger partial charge is 0.362 e. The Morgan fingerprint density at radius 2 is 1.32 bits per heavy atom. The van der Waals surface area contributed by atoms with Gasteiger partial charge in [-0.25, -0.2) is 0 Å². The van der Waals surface area contributed by atoms with E-state index in [-0.39, 0.29) is 17.5 Å². The number of rotatable bonds is 12. The van der Waals surface area contributed by atoms with Crippen LogP contribution in [0.4, 0.5) is 0 Å². The van der Waals surface area contributed by atoms with Crippen LogP contribution in [-0.2, 0) is 4.74 Å². The number of methoxy groups -OCH3 is 1. The zero-order chi connectivity index (χ0) is 20.4. The number of unbranched alkanes of at least 4 members (excludes halogenated alkanes) is 3. The second kappa shape index (κ2) is 10.9. The molecule has 0 radical (unpaired) electrons. The summed E-state index contributed by atoms with van der Waals surface area (Å²) >= 11 is 0. The Morgan fingerprint density at radius 3 is 1.71 bits per heavy atom. The highest BCUT2D eigenvalue weighted by Crippen LogP contribution is 2.36. The lowest BCUT2D eigenvalue weighted by Gasteiger charge is -2.37. The van der Waals surface area contributed by atoms with Gasteiger partial charge in [0.2, 0.25) is 11.6 Å². The summed E-state index contributed by atoms with van der Waals surface area (Å²) in [5.41, 5.74) is -0.467. The monoisotopic (exact) mass is 380 g/mol. The first-order valence-electron chi connectivity index (χ1n) is 10.4. The molecule has 2 rings (SSSR count). The van der Waals surface area contributed by atoms with E-state index in [1.807, 2.05) is 43.3 Å². The zero-order valence-electron chi connectivity index (χ0n) is 17.3. The van der Waals surface area contributed by atoms with E-state index in [0.717, 1.165) is 32.1 Å². The van der Waals surface area contributed by atoms with Crippen LogP contribution in [-0.4, -0.2) is 24.3 Å². The quantitative estimate of drug-likeness (QED) is 0.252. The molecule has 0 bridgehead atoms. The van der Waals surface area contributed by atoms with Gasteiger partial charge in [-0.1, -0.05) is 100 Å². The molecule has 0 aliphatic rings. The van der Waals surface area contributed by atoms with E-state index < -0.39 is 5.60 Å². The molecule has 0 aliphatic heterocycles. The lowest BCUT2D eigenvalue weighted by Crippen LogP contribution is -2.54. The highest BCUT2D eigenvalue weighted by Gasteiger charge is 2.51. The van der Waals surface area contributed by atoms with Crippen LogP contribution in [0.3, 0.4) is 0 Å². The van der Waals surface area contributed by atoms with Gasteiger partial charge in [-0.3, -0.25) is 9.59 Å². The maximum atomic E-state index is 13.7. The molecule has 3 heteroatoms. The van der Waals surface area contributed by atoms with Gasteiger partial charge >= 0.3 is 0 Å². The zero-order valence-corrected chi connectivity index (χ0v) is 17.3. The fourth-order valence-corrected chi connectivity index (χ4v) is 3.95. The molecule has 0 spiro atoms. The molecular weight excluding hydrogens is 348 g/mol. The molecule has 2 aromatic rings. The van der Waals surface area contributed by atoms with Gasteiger partial charge in [-0.2, -0.15) is 0 Å². The highest BCUT2D eigenvalue weighted by atomic mass is 16.5. The van der Waals surface area contributed by atoms with Crippen molar-refractivity contribution in [2.24, 2.45) is 5.92 Å². The molecule has 3 nitrogen and oxygen atoms in total. The number of carbonyl (C=O) groups is 2. The smallest absolute Gasteiger partial charge is 0.202 e. The average Bonchev–Trinajstić information content (AvgIpc) is 2.76. The molecule has 150 valence electrons. The van der Waals surface area contributed by atoms with E-state index in [1.54, 1.807) is 24.3 Å². The molecule has 0 heterocycles. The molecule has 0 N–H and O–H groups in total. The van der Waals surface area contributed by atoms with Crippen LogP contribution in [0.15, 0.2) is 60.7 Å². The van der Waals surface area contributed by atoms with E-state index in [2.05, 4.69) is 6.92 Å². The van der Waals surface area contributed by atoms with Gasteiger partial charge in [-0.05, 0) is 12.8 Å². The number of carbonyl (C=O) groups excluding carboxylic acids is 2. The summed E-state index contributed by atoms with van der Waals surface area (Å²) in [7, 11) is 1.50. The van der Waals surface area contributed by atoms with Gasteiger partial charge in [0.15, 0.2) is 5.60 Å². The van der Waals surface area contributed by atoms with Crippen LogP contribution < -0.4 is 0 Å². The number of ether oxygens (including phenoxy) is 1. The molecular formula is C25H32O3. The van der Waals surface area contributed by atoms with Crippen molar-refractivity contribution < 1.29 is 14.3 Å². The van der Waals surface area contributed by atoms with Gasteiger partial charge in [0.05, 0.1) is 0 Å². The van der Waals surface area contributed by atoms with Crippen LogP contribution >= 0.6 is 0 Å². The average molecular weight is 381 g/mol. The molecule has 0 saturated heterocycles. The summed E-state index contributed by atoms with van der Waals surface area (Å²) in [4.78, 5) is 27.3. The third-order valence-corrected chi connectivity index (χ3v) is 5.54. The molecule has 1 atom stereocenters. The van der Waals surface area contributed by atoms with Crippen LogP contribution in [0.5, 0.6) is 0 Å². The summed E-state index contributed by atoms with van der Waals surface area (Å²) in [5.74, 6) is -0.659. The predicted molar refractivity (Wildman–Crippen MR) is 114 cm³/mol. The molecule has 0 aliphatic carbocycles. The normalized spacial score (nSPS) is 12.5. The Hall–Kier alpha value is -2.26. The Balaban J connectivity index is 2.48. The molecule has 0 fully saturated rings. The standard InChI is InChI=1S/C25H32O3/c1-4-6-7-14-19-22(5-2)25(28-3,23(26)20-15-10-8-11-16-20)24(27)21-17-12-9-13-18-21/h8-13,15-18,22H,4-7,14,19H2,1-3H3. The summed E-state index contributed by atoms with van der Waals surface area (Å²) in [6.45, 7) is 4.21. The highest BCUT2D eigenvalue weighted by molar-refractivity contribution is 6.23. The fraction of sp³-hybridized carbons (Fsp3) is 0.440. The van der Waals surface area contributed by atoms with E-state index in [0.29, 0.717) is 17.5 Å². The number of hydrogen-bond donors (Lipinski definition) is 0. The third kappa shape index (κ3) is 4.77. The lowest BCUT2D eigenvalue weighted by molar-refractivity contribution is -0.0226. The Labute approximate surface area is 169 Å². The van der Waals surface area contributed by atoms with Gasteiger partial charge in [0, 0.05) is 24.2 Å². The van der Waals surface area contributed by atoms with Crippen molar-refractivity contribution in [3.63, 3.8) is 0 Å². The van der Waals surface area contributed by atoms with E-state index in [1.165, 1.54) is 7.11 Å². The van der Waals surface area contributed by atoms with Gasteiger partial charge in [-0.15, -0.1) is 0 Å². The number of ketones is 2. The van der Waals surface area contributed by atoms with Crippen molar-refractivity contribution in [3.05, 3.63) is 71.8 Å². The molecule has 0 aromatic heterocycles. The van der Waals surface area contributed by atoms with E-state index in [4.69, 9.17) is 4.74 Å². The van der Waals surface area contributed by atoms with Gasteiger partial charge in [0.1, 0.15) is 0 Å². The number of benzene rings is 2. The first kappa shape index (κ1) is 22.0. The van der Waals surface area contributed by atoms with E-state index in [9.17, 15) is 9.59 Å². The predicted octanol–water partition coefficient (Wildman–Crippen LogP) is 6.13. The lowest BCUT2D eigenvalue weighted by atomic mass is 9.72. The number of Topliss-reactive ketones (excluding diaryl/α,β-unsaturated/α-hetero) is 2. The molecule has 28 heavy (non-hydrogen) atoms. The topological polar surface area (TPSA) is 43.4 Å². The minimum atomic E-state index is -1.50. The first-order chi connectivity index (χ1) is 13.6. The van der Waals surface area contributed by atoms with Crippen molar-refractivity contribution in [3.8, 4) is 0 Å². The van der Waals surface area contributed by atoms with Crippen molar-refractivity contribution in [1.29, 1.82) is 0 Å². The Kier molecular flexibility index (Phi) is 8.59. The molecule has 0 saturated carbocycles. The number of hydrogen-bond acceptors (Lipinski definition) is 3. The fourth-order valence-electron chi connectivity index (χ4n) is 3.95. The van der Waals surface area contributed by atoms with Crippen LogP contribution in [0.25, 0.3) is 0 Å². The molecule has 0 amide bonds. The minimum Gasteiger partial charge on any atom is -0.362 e. The third-order valence-electron chi connectivity index (χ3n) is 5.54. The summed E-state index contributed by atoms with van der Waals surface area (Å²) < 4.78 is 5.88. The summed E-state index contributed by atoms with van der Waals surface area (Å²) in [5, 5.41) is 0.